The van der Waals surface area contributed by atoms with Gasteiger partial charge in [0.1, 0.15) is 6.04 Å². The summed E-state index contributed by atoms with van der Waals surface area (Å²) >= 11 is 1.03. The van der Waals surface area contributed by atoms with Crippen molar-refractivity contribution in [1.29, 1.82) is 0 Å². The SMILES string of the molecule is CC1CCN(C(=O)NCc2csc(=O)[nH]2)C(C(=O)O)C1. The molecule has 1 saturated heterocycles. The number of piperidine rings is 1. The molecule has 0 radical (unpaired) electrons. The van der Waals surface area contributed by atoms with Gasteiger partial charge in [0.15, 0.2) is 0 Å². The molecule has 8 heteroatoms. The lowest BCUT2D eigenvalue weighted by molar-refractivity contribution is -0.143. The third-order valence-electron chi connectivity index (χ3n) is 3.41. The van der Waals surface area contributed by atoms with E-state index in [0.29, 0.717) is 24.6 Å². The van der Waals surface area contributed by atoms with Crippen LogP contribution in [0.4, 0.5) is 4.79 Å². The molecule has 2 heterocycles. The molecule has 1 aliphatic rings. The molecule has 3 N–H and O–H groups in total. The Morgan fingerprint density at radius 3 is 2.95 bits per heavy atom. The molecule has 0 aromatic carbocycles. The van der Waals surface area contributed by atoms with Crippen molar-refractivity contribution in [2.75, 3.05) is 6.54 Å². The molecular formula is C12H17N3O4S. The molecule has 0 aliphatic carbocycles. The van der Waals surface area contributed by atoms with Crippen molar-refractivity contribution in [3.8, 4) is 0 Å². The smallest absolute Gasteiger partial charge is 0.326 e. The van der Waals surface area contributed by atoms with E-state index in [2.05, 4.69) is 10.3 Å². The Balaban J connectivity index is 1.96. The van der Waals surface area contributed by atoms with E-state index in [1.54, 1.807) is 5.38 Å². The normalized spacial score (nSPS) is 22.6. The first kappa shape index (κ1) is 14.6. The Labute approximate surface area is 119 Å². The Morgan fingerprint density at radius 1 is 1.60 bits per heavy atom. The fraction of sp³-hybridized carbons (Fsp3) is 0.583. The van der Waals surface area contributed by atoms with Gasteiger partial charge in [-0.1, -0.05) is 18.3 Å². The number of carboxylic acid groups (broad SMARTS) is 1. The van der Waals surface area contributed by atoms with E-state index in [-0.39, 0.29) is 11.4 Å². The van der Waals surface area contributed by atoms with Gasteiger partial charge in [-0.25, -0.2) is 9.59 Å². The van der Waals surface area contributed by atoms with Crippen molar-refractivity contribution in [2.24, 2.45) is 5.92 Å². The highest BCUT2D eigenvalue weighted by atomic mass is 32.1. The van der Waals surface area contributed by atoms with Gasteiger partial charge in [0, 0.05) is 17.6 Å². The van der Waals surface area contributed by atoms with Crippen LogP contribution in [0.3, 0.4) is 0 Å². The number of H-pyrrole nitrogens is 1. The molecule has 0 saturated carbocycles. The first-order chi connectivity index (χ1) is 9.47. The number of aliphatic carboxylic acids is 1. The third-order valence-corrected chi connectivity index (χ3v) is 4.13. The third kappa shape index (κ3) is 3.38. The van der Waals surface area contributed by atoms with Crippen molar-refractivity contribution in [3.05, 3.63) is 20.7 Å². The molecular weight excluding hydrogens is 282 g/mol. The summed E-state index contributed by atoms with van der Waals surface area (Å²) in [5.74, 6) is -0.677. The number of aromatic amines is 1. The number of amides is 2. The molecule has 1 aromatic heterocycles. The number of carbonyl (C=O) groups excluding carboxylic acids is 1. The number of urea groups is 1. The molecule has 20 heavy (non-hydrogen) atoms. The van der Waals surface area contributed by atoms with Crippen molar-refractivity contribution in [2.45, 2.75) is 32.4 Å². The number of nitrogens with one attached hydrogen (secondary N) is 2. The number of hydrogen-bond donors (Lipinski definition) is 3. The minimum atomic E-state index is -0.976. The van der Waals surface area contributed by atoms with Crippen LogP contribution in [-0.2, 0) is 11.3 Å². The highest BCUT2D eigenvalue weighted by Crippen LogP contribution is 2.22. The van der Waals surface area contributed by atoms with Crippen LogP contribution in [-0.4, -0.2) is 39.6 Å². The van der Waals surface area contributed by atoms with Gasteiger partial charge in [0.2, 0.25) is 0 Å². The zero-order chi connectivity index (χ0) is 14.7. The summed E-state index contributed by atoms with van der Waals surface area (Å²) in [6.45, 7) is 2.61. The minimum absolute atomic E-state index is 0.176. The minimum Gasteiger partial charge on any atom is -0.480 e. The van der Waals surface area contributed by atoms with Gasteiger partial charge in [0.05, 0.1) is 6.54 Å². The summed E-state index contributed by atoms with van der Waals surface area (Å²) in [6.07, 6.45) is 1.27. The Hall–Kier alpha value is -1.83. The maximum absolute atomic E-state index is 12.1. The van der Waals surface area contributed by atoms with E-state index in [4.69, 9.17) is 0 Å². The molecule has 110 valence electrons. The van der Waals surface area contributed by atoms with E-state index in [1.165, 1.54) is 4.90 Å². The summed E-state index contributed by atoms with van der Waals surface area (Å²) in [4.78, 5) is 38.0. The van der Waals surface area contributed by atoms with Crippen LogP contribution >= 0.6 is 11.3 Å². The maximum atomic E-state index is 12.1. The zero-order valence-corrected chi connectivity index (χ0v) is 11.9. The molecule has 1 aliphatic heterocycles. The lowest BCUT2D eigenvalue weighted by Crippen LogP contribution is -2.53. The van der Waals surface area contributed by atoms with E-state index in [1.807, 2.05) is 6.92 Å². The molecule has 2 amide bonds. The molecule has 0 bridgehead atoms. The van der Waals surface area contributed by atoms with Crippen LogP contribution in [0.2, 0.25) is 0 Å². The van der Waals surface area contributed by atoms with Gasteiger partial charge in [-0.3, -0.25) is 4.79 Å². The van der Waals surface area contributed by atoms with Crippen molar-refractivity contribution >= 4 is 23.3 Å². The molecule has 2 atom stereocenters. The number of hydrogen-bond acceptors (Lipinski definition) is 4. The first-order valence-electron chi connectivity index (χ1n) is 6.41. The number of nitrogens with zero attached hydrogens (tertiary/aromatic N) is 1. The molecule has 7 nitrogen and oxygen atoms in total. The molecule has 2 unspecified atom stereocenters. The van der Waals surface area contributed by atoms with Gasteiger partial charge in [-0.2, -0.15) is 0 Å². The highest BCUT2D eigenvalue weighted by Gasteiger charge is 2.34. The van der Waals surface area contributed by atoms with Gasteiger partial charge in [-0.15, -0.1) is 0 Å². The summed E-state index contributed by atoms with van der Waals surface area (Å²) < 4.78 is 0. The predicted molar refractivity (Wildman–Crippen MR) is 73.7 cm³/mol. The van der Waals surface area contributed by atoms with Crippen LogP contribution in [0.25, 0.3) is 0 Å². The second-order valence-electron chi connectivity index (χ2n) is 5.01. The Kier molecular flexibility index (Phi) is 4.43. The van der Waals surface area contributed by atoms with Crippen LogP contribution < -0.4 is 10.2 Å². The van der Waals surface area contributed by atoms with Crippen molar-refractivity contribution in [3.63, 3.8) is 0 Å². The van der Waals surface area contributed by atoms with Crippen LogP contribution in [0, 0.1) is 5.92 Å². The molecule has 1 aromatic rings. The number of rotatable bonds is 3. The Bertz CT molecular complexity index is 553. The zero-order valence-electron chi connectivity index (χ0n) is 11.1. The lowest BCUT2D eigenvalue weighted by atomic mass is 9.93. The molecule has 0 spiro atoms. The average Bonchev–Trinajstić information content (AvgIpc) is 2.81. The number of carboxylic acids is 1. The maximum Gasteiger partial charge on any atom is 0.326 e. The quantitative estimate of drug-likeness (QED) is 0.769. The van der Waals surface area contributed by atoms with Crippen LogP contribution in [0.5, 0.6) is 0 Å². The van der Waals surface area contributed by atoms with Gasteiger partial charge >= 0.3 is 16.9 Å². The number of likely N-dealkylation sites (tertiary alicyclic amines) is 1. The summed E-state index contributed by atoms with van der Waals surface area (Å²) in [7, 11) is 0. The van der Waals surface area contributed by atoms with Crippen molar-refractivity contribution in [1.82, 2.24) is 15.2 Å². The topological polar surface area (TPSA) is 103 Å². The van der Waals surface area contributed by atoms with E-state index >= 15 is 0 Å². The van der Waals surface area contributed by atoms with Crippen LogP contribution in [0.1, 0.15) is 25.5 Å². The van der Waals surface area contributed by atoms with Crippen molar-refractivity contribution < 1.29 is 14.7 Å². The summed E-state index contributed by atoms with van der Waals surface area (Å²) in [5.41, 5.74) is 0.616. The van der Waals surface area contributed by atoms with Gasteiger partial charge in [0.25, 0.3) is 0 Å². The van der Waals surface area contributed by atoms with E-state index in [9.17, 15) is 19.5 Å². The van der Waals surface area contributed by atoms with Gasteiger partial charge < -0.3 is 20.3 Å². The Morgan fingerprint density at radius 2 is 2.35 bits per heavy atom. The molecule has 1 fully saturated rings. The predicted octanol–water partition coefficient (Wildman–Crippen LogP) is 0.831. The lowest BCUT2D eigenvalue weighted by Gasteiger charge is -2.35. The summed E-state index contributed by atoms with van der Waals surface area (Å²) in [6, 6.07) is -1.18. The number of aromatic nitrogens is 1. The fourth-order valence-corrected chi connectivity index (χ4v) is 2.87. The summed E-state index contributed by atoms with van der Waals surface area (Å²) in [5, 5.41) is 13.5. The highest BCUT2D eigenvalue weighted by molar-refractivity contribution is 7.07. The monoisotopic (exact) mass is 299 g/mol. The number of thiazole rings is 1. The van der Waals surface area contributed by atoms with E-state index < -0.39 is 18.0 Å². The second kappa shape index (κ2) is 6.08. The van der Waals surface area contributed by atoms with Gasteiger partial charge in [-0.05, 0) is 18.8 Å². The fourth-order valence-electron chi connectivity index (χ4n) is 2.29. The average molecular weight is 299 g/mol. The standard InChI is InChI=1S/C12H17N3O4S/c1-7-2-3-15(9(4-7)10(16)17)11(18)13-5-8-6-20-12(19)14-8/h6-7,9H,2-5H2,1H3,(H,13,18)(H,14,19)(H,16,17). The largest absolute Gasteiger partial charge is 0.480 e. The second-order valence-corrected chi connectivity index (χ2v) is 5.85. The molecule has 2 rings (SSSR count). The number of carbonyl (C=O) groups is 2. The van der Waals surface area contributed by atoms with E-state index in [0.717, 1.165) is 17.8 Å². The first-order valence-corrected chi connectivity index (χ1v) is 7.29. The van der Waals surface area contributed by atoms with Crippen LogP contribution in [0.15, 0.2) is 10.2 Å².